The number of benzene rings is 1. The smallest absolute Gasteiger partial charge is 0.237 e. The lowest BCUT2D eigenvalue weighted by Gasteiger charge is -2.19. The predicted octanol–water partition coefficient (Wildman–Crippen LogP) is 3.18. The van der Waals surface area contributed by atoms with E-state index in [2.05, 4.69) is 0 Å². The molecule has 0 spiro atoms. The van der Waals surface area contributed by atoms with Crippen LogP contribution in [-0.2, 0) is 9.59 Å². The summed E-state index contributed by atoms with van der Waals surface area (Å²) in [5.74, 6) is 0.696. The summed E-state index contributed by atoms with van der Waals surface area (Å²) >= 11 is 6.13. The maximum Gasteiger partial charge on any atom is 0.237 e. The second-order valence-electron chi connectivity index (χ2n) is 6.33. The van der Waals surface area contributed by atoms with Gasteiger partial charge in [-0.1, -0.05) is 17.7 Å². The molecule has 0 N–H and O–H groups in total. The van der Waals surface area contributed by atoms with Crippen molar-refractivity contribution in [1.29, 1.82) is 0 Å². The van der Waals surface area contributed by atoms with Crippen LogP contribution in [0, 0.1) is 30.6 Å². The number of carbonyl (C=O) groups excluding carboxylic acids is 2. The predicted molar refractivity (Wildman–Crippen MR) is 76.5 cm³/mol. The Labute approximate surface area is 122 Å². The molecule has 1 heterocycles. The highest BCUT2D eigenvalue weighted by atomic mass is 35.5. The Morgan fingerprint density at radius 2 is 1.70 bits per heavy atom. The van der Waals surface area contributed by atoms with Crippen LogP contribution in [0.3, 0.4) is 0 Å². The van der Waals surface area contributed by atoms with Crippen molar-refractivity contribution in [3.63, 3.8) is 0 Å². The van der Waals surface area contributed by atoms with Crippen LogP contribution in [0.2, 0.25) is 5.02 Å². The van der Waals surface area contributed by atoms with Gasteiger partial charge in [-0.05, 0) is 55.7 Å². The van der Waals surface area contributed by atoms with E-state index < -0.39 is 0 Å². The van der Waals surface area contributed by atoms with Crippen LogP contribution in [0.4, 0.5) is 5.69 Å². The molecular formula is C16H16ClNO2. The molecule has 1 aromatic rings. The second-order valence-corrected chi connectivity index (χ2v) is 6.74. The summed E-state index contributed by atoms with van der Waals surface area (Å²) in [5, 5.41) is 0.600. The van der Waals surface area contributed by atoms with Gasteiger partial charge in [-0.2, -0.15) is 0 Å². The van der Waals surface area contributed by atoms with E-state index in [1.807, 2.05) is 19.1 Å². The standard InChI is InChI=1S/C16H16ClNO2/c1-8-2-5-11(7-12(8)17)18-15(19)13-9-3-4-10(6-9)14(13)16(18)20/h2,5,7,9-10,13-14H,3-4,6H2,1H3/t9-,10+,13-,14+. The van der Waals surface area contributed by atoms with Crippen molar-refractivity contribution in [2.24, 2.45) is 23.7 Å². The first kappa shape index (κ1) is 12.4. The minimum Gasteiger partial charge on any atom is -0.274 e. The van der Waals surface area contributed by atoms with Gasteiger partial charge in [0.25, 0.3) is 0 Å². The monoisotopic (exact) mass is 289 g/mol. The zero-order valence-corrected chi connectivity index (χ0v) is 12.1. The van der Waals surface area contributed by atoms with Gasteiger partial charge in [-0.25, -0.2) is 4.90 Å². The third-order valence-electron chi connectivity index (χ3n) is 5.34. The maximum atomic E-state index is 12.6. The fraction of sp³-hybridized carbons (Fsp3) is 0.500. The number of halogens is 1. The fourth-order valence-electron chi connectivity index (χ4n) is 4.38. The number of nitrogens with zero attached hydrogens (tertiary/aromatic N) is 1. The molecule has 2 aliphatic carbocycles. The highest BCUT2D eigenvalue weighted by Crippen LogP contribution is 2.56. The van der Waals surface area contributed by atoms with Crippen LogP contribution < -0.4 is 4.90 Å². The van der Waals surface area contributed by atoms with E-state index in [0.29, 0.717) is 22.5 Å². The molecule has 2 saturated carbocycles. The Morgan fingerprint density at radius 1 is 1.10 bits per heavy atom. The molecule has 4 rings (SSSR count). The first-order valence-corrected chi connectivity index (χ1v) is 7.59. The molecule has 0 radical (unpaired) electrons. The van der Waals surface area contributed by atoms with Crippen molar-refractivity contribution >= 4 is 29.1 Å². The van der Waals surface area contributed by atoms with Crippen LogP contribution >= 0.6 is 11.6 Å². The van der Waals surface area contributed by atoms with Gasteiger partial charge in [0.05, 0.1) is 17.5 Å². The lowest BCUT2D eigenvalue weighted by atomic mass is 9.81. The number of hydrogen-bond acceptors (Lipinski definition) is 2. The van der Waals surface area contributed by atoms with Crippen LogP contribution in [-0.4, -0.2) is 11.8 Å². The minimum absolute atomic E-state index is 0.00730. The van der Waals surface area contributed by atoms with Crippen LogP contribution in [0.1, 0.15) is 24.8 Å². The lowest BCUT2D eigenvalue weighted by molar-refractivity contribution is -0.123. The molecule has 0 aromatic heterocycles. The quantitative estimate of drug-likeness (QED) is 0.745. The van der Waals surface area contributed by atoms with Crippen molar-refractivity contribution in [2.45, 2.75) is 26.2 Å². The van der Waals surface area contributed by atoms with E-state index in [9.17, 15) is 9.59 Å². The van der Waals surface area contributed by atoms with E-state index in [1.54, 1.807) is 6.07 Å². The van der Waals surface area contributed by atoms with Gasteiger partial charge in [0, 0.05) is 5.02 Å². The average Bonchev–Trinajstić information content (AvgIpc) is 3.08. The van der Waals surface area contributed by atoms with E-state index in [1.165, 1.54) is 4.90 Å². The van der Waals surface area contributed by atoms with Crippen molar-refractivity contribution < 1.29 is 9.59 Å². The Balaban J connectivity index is 1.74. The van der Waals surface area contributed by atoms with Crippen LogP contribution in [0.15, 0.2) is 18.2 Å². The number of fused-ring (bicyclic) bond motifs is 5. The first-order valence-electron chi connectivity index (χ1n) is 7.22. The number of anilines is 1. The average molecular weight is 290 g/mol. The number of aryl methyl sites for hydroxylation is 1. The highest BCUT2D eigenvalue weighted by Gasteiger charge is 2.61. The zero-order valence-electron chi connectivity index (χ0n) is 11.3. The van der Waals surface area contributed by atoms with Crippen LogP contribution in [0.25, 0.3) is 0 Å². The molecule has 0 unspecified atom stereocenters. The van der Waals surface area contributed by atoms with Crippen LogP contribution in [0.5, 0.6) is 0 Å². The van der Waals surface area contributed by atoms with Gasteiger partial charge in [0.2, 0.25) is 11.8 Å². The van der Waals surface area contributed by atoms with Crippen molar-refractivity contribution in [2.75, 3.05) is 4.90 Å². The normalized spacial score (nSPS) is 35.0. The summed E-state index contributed by atoms with van der Waals surface area (Å²) in [6.45, 7) is 1.91. The van der Waals surface area contributed by atoms with Gasteiger partial charge < -0.3 is 0 Å². The first-order chi connectivity index (χ1) is 9.58. The fourth-order valence-corrected chi connectivity index (χ4v) is 4.56. The minimum atomic E-state index is -0.0682. The summed E-state index contributed by atoms with van der Waals surface area (Å²) in [4.78, 5) is 26.7. The van der Waals surface area contributed by atoms with E-state index in [4.69, 9.17) is 11.6 Å². The zero-order chi connectivity index (χ0) is 14.0. The largest absolute Gasteiger partial charge is 0.274 e. The number of hydrogen-bond donors (Lipinski definition) is 0. The van der Waals surface area contributed by atoms with Crippen molar-refractivity contribution in [3.05, 3.63) is 28.8 Å². The molecule has 1 aliphatic heterocycles. The number of rotatable bonds is 1. The Bertz CT molecular complexity index is 599. The maximum absolute atomic E-state index is 12.6. The molecular weight excluding hydrogens is 274 g/mol. The van der Waals surface area contributed by atoms with E-state index >= 15 is 0 Å². The van der Waals surface area contributed by atoms with Crippen molar-refractivity contribution in [1.82, 2.24) is 0 Å². The molecule has 2 amide bonds. The summed E-state index contributed by atoms with van der Waals surface area (Å²) < 4.78 is 0. The third-order valence-corrected chi connectivity index (χ3v) is 5.75. The summed E-state index contributed by atoms with van der Waals surface area (Å²) in [6.07, 6.45) is 3.27. The molecule has 1 aromatic carbocycles. The van der Waals surface area contributed by atoms with Gasteiger partial charge in [0.1, 0.15) is 0 Å². The summed E-state index contributed by atoms with van der Waals surface area (Å²) in [5.41, 5.74) is 1.58. The molecule has 1 saturated heterocycles. The SMILES string of the molecule is Cc1ccc(N2C(=O)[C@@H]3[C@@H]4CC[C@@H](C4)[C@@H]3C2=O)cc1Cl. The van der Waals surface area contributed by atoms with Gasteiger partial charge in [0.15, 0.2) is 0 Å². The number of amides is 2. The molecule has 4 heteroatoms. The molecule has 104 valence electrons. The Morgan fingerprint density at radius 3 is 2.25 bits per heavy atom. The highest BCUT2D eigenvalue weighted by molar-refractivity contribution is 6.32. The molecule has 2 bridgehead atoms. The Hall–Kier alpha value is -1.35. The molecule has 3 fully saturated rings. The van der Waals surface area contributed by atoms with E-state index in [0.717, 1.165) is 24.8 Å². The summed E-state index contributed by atoms with van der Waals surface area (Å²) in [6, 6.07) is 5.41. The number of carbonyl (C=O) groups is 2. The Kier molecular flexibility index (Phi) is 2.53. The third kappa shape index (κ3) is 1.47. The second kappa shape index (κ2) is 4.08. The summed E-state index contributed by atoms with van der Waals surface area (Å²) in [7, 11) is 0. The topological polar surface area (TPSA) is 37.4 Å². The number of imide groups is 1. The van der Waals surface area contributed by atoms with Crippen molar-refractivity contribution in [3.8, 4) is 0 Å². The molecule has 3 nitrogen and oxygen atoms in total. The molecule has 4 atom stereocenters. The van der Waals surface area contributed by atoms with Gasteiger partial charge >= 0.3 is 0 Å². The van der Waals surface area contributed by atoms with E-state index in [-0.39, 0.29) is 23.7 Å². The van der Waals surface area contributed by atoms with Gasteiger partial charge in [-0.3, -0.25) is 9.59 Å². The molecule has 20 heavy (non-hydrogen) atoms. The molecule has 3 aliphatic rings. The van der Waals surface area contributed by atoms with Gasteiger partial charge in [-0.15, -0.1) is 0 Å². The lowest BCUT2D eigenvalue weighted by Crippen LogP contribution is -2.32.